The quantitative estimate of drug-likeness (QED) is 0.0627. The summed E-state index contributed by atoms with van der Waals surface area (Å²) in [5.41, 5.74) is 7.78. The van der Waals surface area contributed by atoms with E-state index >= 15 is 0 Å². The molecule has 5 rings (SSSR count). The number of aromatic nitrogens is 2. The Kier molecular flexibility index (Phi) is 11.8. The van der Waals surface area contributed by atoms with Crippen LogP contribution in [0.1, 0.15) is 5.69 Å². The van der Waals surface area contributed by atoms with Gasteiger partial charge in [-0.3, -0.25) is 4.98 Å². The van der Waals surface area contributed by atoms with Gasteiger partial charge in [-0.05, 0) is 12.1 Å². The summed E-state index contributed by atoms with van der Waals surface area (Å²) in [6, 6.07) is 18.7. The number of hydrogen-bond donors (Lipinski definition) is 0. The van der Waals surface area contributed by atoms with E-state index < -0.39 is 7.25 Å². The Bertz CT molecular complexity index is 1850. The van der Waals surface area contributed by atoms with Gasteiger partial charge in [-0.1, -0.05) is 6.07 Å². The van der Waals surface area contributed by atoms with Gasteiger partial charge in [-0.15, -0.1) is 0 Å². The lowest BCUT2D eigenvalue weighted by atomic mass is 9.92. The predicted molar refractivity (Wildman–Crippen MR) is 194 cm³/mol. The molecule has 50 heavy (non-hydrogen) atoms. The van der Waals surface area contributed by atoms with Crippen LogP contribution in [0.4, 0.5) is 34.3 Å². The number of pyridine rings is 2. The summed E-state index contributed by atoms with van der Waals surface area (Å²) in [6.45, 7) is 0.679. The molecule has 0 spiro atoms. The summed E-state index contributed by atoms with van der Waals surface area (Å²) in [5, 5.41) is 1.86. The molecule has 0 bridgehead atoms. The third-order valence-corrected chi connectivity index (χ3v) is 8.26. The monoisotopic (exact) mass is 697 g/mol. The van der Waals surface area contributed by atoms with Crippen molar-refractivity contribution in [3.05, 3.63) is 66.5 Å². The van der Waals surface area contributed by atoms with Crippen molar-refractivity contribution in [1.29, 1.82) is 0 Å². The molecule has 0 amide bonds. The maximum absolute atomic E-state index is 9.75. The van der Waals surface area contributed by atoms with Crippen LogP contribution in [0.25, 0.3) is 32.9 Å². The van der Waals surface area contributed by atoms with E-state index in [9.17, 15) is 17.3 Å². The third-order valence-electron chi connectivity index (χ3n) is 8.26. The maximum atomic E-state index is 9.75. The van der Waals surface area contributed by atoms with Crippen molar-refractivity contribution in [2.75, 3.05) is 85.4 Å². The second-order valence-corrected chi connectivity index (χ2v) is 12.1. The lowest BCUT2D eigenvalue weighted by molar-refractivity contribution is -0.644. The first kappa shape index (κ1) is 37.7. The van der Waals surface area contributed by atoms with Crippen LogP contribution in [-0.2, 0) is 13.0 Å². The van der Waals surface area contributed by atoms with E-state index in [1.807, 2.05) is 77.6 Å². The number of anilines is 3. The molecular formula is C36H44BF4N5O4. The van der Waals surface area contributed by atoms with Crippen LogP contribution in [0.5, 0.6) is 23.0 Å². The van der Waals surface area contributed by atoms with Crippen LogP contribution >= 0.6 is 0 Å². The highest BCUT2D eigenvalue weighted by molar-refractivity contribution is 6.50. The molecule has 0 radical (unpaired) electrons. The molecule has 9 nitrogen and oxygen atoms in total. The van der Waals surface area contributed by atoms with Gasteiger partial charge in [0.15, 0.2) is 6.54 Å². The van der Waals surface area contributed by atoms with Crippen LogP contribution in [0.3, 0.4) is 0 Å². The Morgan fingerprint density at radius 2 is 1.00 bits per heavy atom. The minimum atomic E-state index is -6.00. The summed E-state index contributed by atoms with van der Waals surface area (Å²) >= 11 is 0. The third kappa shape index (κ3) is 8.17. The number of methoxy groups -OCH3 is 4. The van der Waals surface area contributed by atoms with Gasteiger partial charge in [0.1, 0.15) is 23.0 Å². The molecule has 0 saturated heterocycles. The molecule has 0 N–H and O–H groups in total. The van der Waals surface area contributed by atoms with Gasteiger partial charge in [0, 0.05) is 120 Å². The van der Waals surface area contributed by atoms with Crippen LogP contribution in [-0.4, -0.2) is 83.0 Å². The molecule has 0 fully saturated rings. The van der Waals surface area contributed by atoms with Gasteiger partial charge in [0.2, 0.25) is 11.0 Å². The summed E-state index contributed by atoms with van der Waals surface area (Å²) in [7, 11) is 13.0. The van der Waals surface area contributed by atoms with Crippen LogP contribution in [0.2, 0.25) is 0 Å². The topological polar surface area (TPSA) is 63.4 Å². The van der Waals surface area contributed by atoms with E-state index in [-0.39, 0.29) is 0 Å². The molecule has 268 valence electrons. The summed E-state index contributed by atoms with van der Waals surface area (Å²) < 4.78 is 66.0. The van der Waals surface area contributed by atoms with Gasteiger partial charge in [-0.2, -0.15) is 4.57 Å². The molecule has 0 aliphatic rings. The van der Waals surface area contributed by atoms with E-state index in [1.54, 1.807) is 28.4 Å². The number of nitrogens with zero attached hydrogens (tertiary/aromatic N) is 5. The molecule has 0 atom stereocenters. The zero-order chi connectivity index (χ0) is 36.9. The van der Waals surface area contributed by atoms with E-state index in [2.05, 4.69) is 49.7 Å². The van der Waals surface area contributed by atoms with Gasteiger partial charge < -0.3 is 50.9 Å². The van der Waals surface area contributed by atoms with E-state index in [0.717, 1.165) is 73.6 Å². The molecule has 2 aromatic heterocycles. The highest BCUT2D eigenvalue weighted by Gasteiger charge is 2.32. The molecule has 0 aliphatic carbocycles. The fraction of sp³-hybridized carbons (Fsp3) is 0.333. The van der Waals surface area contributed by atoms with Crippen LogP contribution in [0.15, 0.2) is 60.8 Å². The number of rotatable bonds is 11. The Morgan fingerprint density at radius 1 is 0.600 bits per heavy atom. The van der Waals surface area contributed by atoms with Gasteiger partial charge in [0.25, 0.3) is 0 Å². The minimum Gasteiger partial charge on any atom is -0.496 e. The van der Waals surface area contributed by atoms with Gasteiger partial charge in [-0.25, -0.2) is 0 Å². The van der Waals surface area contributed by atoms with Crippen LogP contribution < -0.4 is 38.2 Å². The zero-order valence-corrected chi connectivity index (χ0v) is 30.1. The molecule has 0 saturated carbocycles. The second kappa shape index (κ2) is 15.6. The average molecular weight is 698 g/mol. The SMILES string of the molecule is COc1cc(N(C)C)cc(OC)c1-c1c2c(OC)cc(N(C)C)cc2[n+](CCc2ccccn2)c2cc(N(C)C)cc(OC)c12.F[B-](F)(F)F. The first-order valence-corrected chi connectivity index (χ1v) is 15.8. The molecule has 5 aromatic rings. The first-order chi connectivity index (χ1) is 23.6. The second-order valence-electron chi connectivity index (χ2n) is 12.1. The summed E-state index contributed by atoms with van der Waals surface area (Å²) in [4.78, 5) is 10.9. The van der Waals surface area contributed by atoms with Crippen molar-refractivity contribution in [2.24, 2.45) is 0 Å². The number of aryl methyl sites for hydroxylation is 2. The van der Waals surface area contributed by atoms with E-state index in [0.29, 0.717) is 18.0 Å². The summed E-state index contributed by atoms with van der Waals surface area (Å²) in [6.07, 6.45) is 2.58. The highest BCUT2D eigenvalue weighted by atomic mass is 19.5. The number of halogens is 4. The summed E-state index contributed by atoms with van der Waals surface area (Å²) in [5.74, 6) is 2.84. The maximum Gasteiger partial charge on any atom is 0.673 e. The Morgan fingerprint density at radius 3 is 1.36 bits per heavy atom. The average Bonchev–Trinajstić information content (AvgIpc) is 3.08. The van der Waals surface area contributed by atoms with Crippen molar-refractivity contribution in [3.8, 4) is 34.1 Å². The molecule has 14 heteroatoms. The Hall–Kier alpha value is -5.14. The van der Waals surface area contributed by atoms with Crippen molar-refractivity contribution in [3.63, 3.8) is 0 Å². The Balaban J connectivity index is 0.00000105. The molecule has 0 unspecified atom stereocenters. The van der Waals surface area contributed by atoms with Crippen molar-refractivity contribution in [2.45, 2.75) is 13.0 Å². The number of benzene rings is 3. The van der Waals surface area contributed by atoms with E-state index in [4.69, 9.17) is 18.9 Å². The predicted octanol–water partition coefficient (Wildman–Crippen LogP) is 7.12. The molecule has 2 heterocycles. The molecular weight excluding hydrogens is 653 g/mol. The van der Waals surface area contributed by atoms with Gasteiger partial charge in [0.05, 0.1) is 44.8 Å². The molecule has 0 aliphatic heterocycles. The number of fused-ring (bicyclic) bond motifs is 2. The fourth-order valence-electron chi connectivity index (χ4n) is 5.86. The first-order valence-electron chi connectivity index (χ1n) is 15.8. The lowest BCUT2D eigenvalue weighted by Gasteiger charge is -2.24. The lowest BCUT2D eigenvalue weighted by Crippen LogP contribution is -2.37. The fourth-order valence-corrected chi connectivity index (χ4v) is 5.86. The minimum absolute atomic E-state index is 0.679. The Labute approximate surface area is 290 Å². The number of hydrogen-bond acceptors (Lipinski definition) is 8. The van der Waals surface area contributed by atoms with Crippen molar-refractivity contribution in [1.82, 2.24) is 4.98 Å². The normalized spacial score (nSPS) is 11.2. The molecule has 3 aromatic carbocycles. The van der Waals surface area contributed by atoms with Gasteiger partial charge >= 0.3 is 7.25 Å². The smallest absolute Gasteiger partial charge is 0.496 e. The van der Waals surface area contributed by atoms with Crippen molar-refractivity contribution >= 4 is 46.1 Å². The van der Waals surface area contributed by atoms with Crippen molar-refractivity contribution < 1.29 is 40.8 Å². The zero-order valence-electron chi connectivity index (χ0n) is 30.1. The van der Waals surface area contributed by atoms with E-state index in [1.165, 1.54) is 0 Å². The highest BCUT2D eigenvalue weighted by Crippen LogP contribution is 2.51. The largest absolute Gasteiger partial charge is 0.673 e. The standard InChI is InChI=1S/C36H44N5O4.BF4/c1-38(2)24-17-27-33(29(19-24)42-7)36(35-31(44-9)21-26(40(5)6)22-32(35)45-10)34-28(18-25(39(3)4)20-30(34)43-8)41(27)16-14-23-13-11-12-15-37-23;2-1(3,4)5/h11-13,15,17-22H,14,16H2,1-10H3;/q+1;-1. The number of ether oxygens (including phenoxy) is 4. The van der Waals surface area contributed by atoms with Crippen LogP contribution in [0, 0.1) is 0 Å².